The van der Waals surface area contributed by atoms with Crippen LogP contribution in [0.4, 0.5) is 14.6 Å². The summed E-state index contributed by atoms with van der Waals surface area (Å²) in [6, 6.07) is 3.34. The summed E-state index contributed by atoms with van der Waals surface area (Å²) in [5.41, 5.74) is 4.01. The van der Waals surface area contributed by atoms with E-state index in [2.05, 4.69) is 20.5 Å². The number of rotatable bonds is 6. The van der Waals surface area contributed by atoms with Crippen LogP contribution in [0.2, 0.25) is 0 Å². The van der Waals surface area contributed by atoms with Gasteiger partial charge < -0.3 is 4.42 Å². The third kappa shape index (κ3) is 3.73. The normalized spacial score (nSPS) is 11.9. The number of nitrogens with zero attached hydrogens (tertiary/aromatic N) is 3. The second kappa shape index (κ2) is 7.27. The lowest BCUT2D eigenvalue weighted by Gasteiger charge is -2.01. The minimum absolute atomic E-state index is 0.124. The van der Waals surface area contributed by atoms with Crippen LogP contribution in [-0.2, 0) is 5.75 Å². The molecular formula is C15H14F2N4OS2. The third-order valence-corrected chi connectivity index (χ3v) is 5.18. The molecule has 3 heterocycles. The number of aromatic nitrogens is 2. The van der Waals surface area contributed by atoms with Crippen LogP contribution in [0.15, 0.2) is 28.0 Å². The largest absolute Gasteiger partial charge is 0.459 e. The predicted octanol–water partition coefficient (Wildman–Crippen LogP) is 4.80. The molecule has 0 saturated heterocycles. The molecule has 0 aromatic carbocycles. The zero-order valence-electron chi connectivity index (χ0n) is 12.9. The maximum absolute atomic E-state index is 12.2. The summed E-state index contributed by atoms with van der Waals surface area (Å²) in [5, 5.41) is 5.06. The van der Waals surface area contributed by atoms with Gasteiger partial charge in [-0.15, -0.1) is 11.3 Å². The fourth-order valence-corrected chi connectivity index (χ4v) is 3.55. The highest BCUT2D eigenvalue weighted by Gasteiger charge is 2.11. The van der Waals surface area contributed by atoms with Crippen LogP contribution in [0.25, 0.3) is 10.2 Å². The van der Waals surface area contributed by atoms with Gasteiger partial charge in [0.05, 0.1) is 17.4 Å². The first-order chi connectivity index (χ1) is 11.5. The number of aryl methyl sites for hydroxylation is 2. The summed E-state index contributed by atoms with van der Waals surface area (Å²) >= 11 is 2.13. The van der Waals surface area contributed by atoms with Crippen molar-refractivity contribution in [2.45, 2.75) is 25.4 Å². The summed E-state index contributed by atoms with van der Waals surface area (Å²) in [5.74, 6) is -0.699. The van der Waals surface area contributed by atoms with Gasteiger partial charge in [0, 0.05) is 4.88 Å². The van der Waals surface area contributed by atoms with Crippen molar-refractivity contribution >= 4 is 45.3 Å². The van der Waals surface area contributed by atoms with Crippen molar-refractivity contribution in [2.24, 2.45) is 5.10 Å². The van der Waals surface area contributed by atoms with Crippen LogP contribution in [0.5, 0.6) is 0 Å². The molecule has 0 amide bonds. The molecule has 3 aromatic heterocycles. The molecule has 0 radical (unpaired) electrons. The lowest BCUT2D eigenvalue weighted by Crippen LogP contribution is -1.95. The zero-order valence-corrected chi connectivity index (χ0v) is 14.5. The van der Waals surface area contributed by atoms with Gasteiger partial charge in [0.2, 0.25) is 0 Å². The molecule has 9 heteroatoms. The van der Waals surface area contributed by atoms with Crippen LogP contribution in [0.3, 0.4) is 0 Å². The molecule has 0 spiro atoms. The summed E-state index contributed by atoms with van der Waals surface area (Å²) in [6.45, 7) is 4.06. The molecule has 3 aromatic rings. The monoisotopic (exact) mass is 368 g/mol. The van der Waals surface area contributed by atoms with Crippen molar-refractivity contribution in [1.29, 1.82) is 0 Å². The van der Waals surface area contributed by atoms with E-state index in [1.807, 2.05) is 13.8 Å². The van der Waals surface area contributed by atoms with E-state index in [1.54, 1.807) is 23.5 Å². The number of hydrogen-bond donors (Lipinski definition) is 1. The van der Waals surface area contributed by atoms with Gasteiger partial charge in [-0.1, -0.05) is 11.8 Å². The first-order valence-corrected chi connectivity index (χ1v) is 8.89. The molecule has 0 saturated carbocycles. The average Bonchev–Trinajstić information content (AvgIpc) is 3.11. The van der Waals surface area contributed by atoms with Crippen molar-refractivity contribution in [3.05, 3.63) is 40.4 Å². The quantitative estimate of drug-likeness (QED) is 0.500. The second-order valence-electron chi connectivity index (χ2n) is 4.93. The number of hydrogen-bond acceptors (Lipinski definition) is 7. The summed E-state index contributed by atoms with van der Waals surface area (Å²) in [4.78, 5) is 10.6. The lowest BCUT2D eigenvalue weighted by atomic mass is 10.2. The van der Waals surface area contributed by atoms with Gasteiger partial charge in [-0.2, -0.15) is 13.9 Å². The van der Waals surface area contributed by atoms with Crippen molar-refractivity contribution in [3.8, 4) is 0 Å². The first-order valence-electron chi connectivity index (χ1n) is 7.03. The molecule has 1 N–H and O–H groups in total. The van der Waals surface area contributed by atoms with Gasteiger partial charge in [0.15, 0.2) is 5.82 Å². The number of anilines is 1. The number of halogens is 2. The first kappa shape index (κ1) is 16.8. The molecular weight excluding hydrogens is 354 g/mol. The molecule has 5 nitrogen and oxygen atoms in total. The Morgan fingerprint density at radius 1 is 1.38 bits per heavy atom. The smallest absolute Gasteiger partial charge is 0.284 e. The van der Waals surface area contributed by atoms with Gasteiger partial charge in [-0.05, 0) is 31.5 Å². The molecule has 0 atom stereocenters. The third-order valence-electron chi connectivity index (χ3n) is 3.36. The fourth-order valence-electron chi connectivity index (χ4n) is 2.11. The van der Waals surface area contributed by atoms with E-state index in [0.717, 1.165) is 15.8 Å². The van der Waals surface area contributed by atoms with Crippen molar-refractivity contribution in [3.63, 3.8) is 0 Å². The number of nitrogens with one attached hydrogen (secondary N) is 1. The maximum atomic E-state index is 12.2. The number of thiophene rings is 1. The van der Waals surface area contributed by atoms with E-state index in [1.165, 1.54) is 17.4 Å². The molecule has 126 valence electrons. The molecule has 0 fully saturated rings. The Bertz CT molecular complexity index is 876. The van der Waals surface area contributed by atoms with Crippen LogP contribution < -0.4 is 5.43 Å². The number of thioether (sulfide) groups is 1. The Hall–Kier alpha value is -2.00. The highest BCUT2D eigenvalue weighted by atomic mass is 32.2. The number of fused-ring (bicyclic) bond motifs is 1. The van der Waals surface area contributed by atoms with Gasteiger partial charge >= 0.3 is 0 Å². The van der Waals surface area contributed by atoms with E-state index in [0.29, 0.717) is 29.1 Å². The lowest BCUT2D eigenvalue weighted by molar-refractivity contribution is 0.251. The van der Waals surface area contributed by atoms with Crippen molar-refractivity contribution < 1.29 is 13.2 Å². The van der Waals surface area contributed by atoms with Crippen molar-refractivity contribution in [1.82, 2.24) is 9.97 Å². The average molecular weight is 368 g/mol. The Morgan fingerprint density at radius 3 is 3.00 bits per heavy atom. The second-order valence-corrected chi connectivity index (χ2v) is 7.11. The topological polar surface area (TPSA) is 63.3 Å². The van der Waals surface area contributed by atoms with E-state index in [-0.39, 0.29) is 5.75 Å². The summed E-state index contributed by atoms with van der Waals surface area (Å²) in [6.07, 6.45) is 2.97. The Kier molecular flexibility index (Phi) is 5.10. The molecule has 0 aliphatic heterocycles. The SMILES string of the molecule is Cc1sc2ncnc(N/N=C\c3ccc(CSC(F)F)o3)c2c1C. The molecule has 0 bridgehead atoms. The molecule has 24 heavy (non-hydrogen) atoms. The summed E-state index contributed by atoms with van der Waals surface area (Å²) < 4.78 is 29.7. The number of alkyl halides is 2. The van der Waals surface area contributed by atoms with Gasteiger partial charge in [-0.3, -0.25) is 5.43 Å². The molecule has 0 aliphatic rings. The summed E-state index contributed by atoms with van der Waals surface area (Å²) in [7, 11) is 0. The van der Waals surface area contributed by atoms with Gasteiger partial charge in [0.25, 0.3) is 5.76 Å². The van der Waals surface area contributed by atoms with E-state index < -0.39 is 5.76 Å². The van der Waals surface area contributed by atoms with Crippen molar-refractivity contribution in [2.75, 3.05) is 5.43 Å². The predicted molar refractivity (Wildman–Crippen MR) is 94.1 cm³/mol. The Labute approximate surface area is 145 Å². The molecule has 0 aliphatic carbocycles. The Balaban J connectivity index is 1.71. The van der Waals surface area contributed by atoms with Crippen LogP contribution in [0, 0.1) is 13.8 Å². The van der Waals surface area contributed by atoms with Crippen LogP contribution in [-0.4, -0.2) is 21.9 Å². The van der Waals surface area contributed by atoms with E-state index in [9.17, 15) is 8.78 Å². The number of furan rings is 1. The van der Waals surface area contributed by atoms with E-state index in [4.69, 9.17) is 4.42 Å². The van der Waals surface area contributed by atoms with E-state index >= 15 is 0 Å². The zero-order chi connectivity index (χ0) is 17.1. The fraction of sp³-hybridized carbons (Fsp3) is 0.267. The maximum Gasteiger partial charge on any atom is 0.284 e. The highest BCUT2D eigenvalue weighted by molar-refractivity contribution is 7.98. The minimum atomic E-state index is -2.41. The van der Waals surface area contributed by atoms with Gasteiger partial charge in [-0.25, -0.2) is 9.97 Å². The molecule has 0 unspecified atom stereocenters. The van der Waals surface area contributed by atoms with Crippen LogP contribution in [0.1, 0.15) is 22.0 Å². The molecule has 3 rings (SSSR count). The standard InChI is InChI=1S/C15H14F2N4OS2/c1-8-9(2)24-14-12(8)13(18-7-19-14)21-20-5-10-3-4-11(22-10)6-23-15(16)17/h3-5,7,15H,6H2,1-2H3,(H,18,19,21)/b20-5-. The Morgan fingerprint density at radius 2 is 2.21 bits per heavy atom. The highest BCUT2D eigenvalue weighted by Crippen LogP contribution is 2.32. The van der Waals surface area contributed by atoms with Crippen LogP contribution >= 0.6 is 23.1 Å². The number of hydrazone groups is 1. The minimum Gasteiger partial charge on any atom is -0.459 e. The van der Waals surface area contributed by atoms with Gasteiger partial charge in [0.1, 0.15) is 22.7 Å².